The van der Waals surface area contributed by atoms with Crippen LogP contribution in [0, 0.1) is 0 Å². The first kappa shape index (κ1) is 10.8. The van der Waals surface area contributed by atoms with Gasteiger partial charge >= 0.3 is 0 Å². The first-order valence-corrected chi connectivity index (χ1v) is 6.64. The first-order valence-electron chi connectivity index (χ1n) is 5.42. The molecule has 0 spiro atoms. The van der Waals surface area contributed by atoms with Crippen LogP contribution in [0.15, 0.2) is 17.2 Å². The smallest absolute Gasteiger partial charge is 0.141 e. The van der Waals surface area contributed by atoms with Gasteiger partial charge in [-0.2, -0.15) is 0 Å². The summed E-state index contributed by atoms with van der Waals surface area (Å²) in [6, 6.07) is 4.10. The maximum absolute atomic E-state index is 5.85. The van der Waals surface area contributed by atoms with Crippen LogP contribution in [0.1, 0.15) is 38.3 Å². The van der Waals surface area contributed by atoms with Gasteiger partial charge in [0, 0.05) is 0 Å². The third kappa shape index (κ3) is 2.65. The Kier molecular flexibility index (Phi) is 3.19. The molecule has 0 aromatic carbocycles. The van der Waals surface area contributed by atoms with Gasteiger partial charge in [-0.15, -0.1) is 11.8 Å². The Bertz CT molecular complexity index is 347. The molecular weight excluding hydrogens is 206 g/mol. The van der Waals surface area contributed by atoms with E-state index in [4.69, 9.17) is 4.74 Å². The van der Waals surface area contributed by atoms with Crippen molar-refractivity contribution in [3.8, 4) is 5.75 Å². The molecule has 2 nitrogen and oxygen atoms in total. The molecule has 2 rings (SSSR count). The van der Waals surface area contributed by atoms with E-state index in [2.05, 4.69) is 24.9 Å². The summed E-state index contributed by atoms with van der Waals surface area (Å²) in [6.07, 6.45) is 4.89. The highest BCUT2D eigenvalue weighted by atomic mass is 32.2. The monoisotopic (exact) mass is 223 g/mol. The predicted molar refractivity (Wildman–Crippen MR) is 63.8 cm³/mol. The minimum absolute atomic E-state index is 0.422. The van der Waals surface area contributed by atoms with Gasteiger partial charge in [0.25, 0.3) is 0 Å². The lowest BCUT2D eigenvalue weighted by Gasteiger charge is -2.13. The lowest BCUT2D eigenvalue weighted by molar-refractivity contribution is 0.296. The van der Waals surface area contributed by atoms with Crippen molar-refractivity contribution in [2.24, 2.45) is 0 Å². The fourth-order valence-corrected chi connectivity index (χ4v) is 1.83. The molecule has 1 aromatic rings. The molecular formula is C12H17NOS. The average molecular weight is 223 g/mol. The zero-order chi connectivity index (χ0) is 10.8. The number of rotatable bonds is 4. The fraction of sp³-hybridized carbons (Fsp3) is 0.583. The molecule has 1 fully saturated rings. The second-order valence-corrected chi connectivity index (χ2v) is 5.04. The maximum Gasteiger partial charge on any atom is 0.141 e. The van der Waals surface area contributed by atoms with Gasteiger partial charge < -0.3 is 4.74 Å². The summed E-state index contributed by atoms with van der Waals surface area (Å²) in [5.41, 5.74) is 1.09. The minimum Gasteiger partial charge on any atom is -0.489 e. The van der Waals surface area contributed by atoms with Crippen molar-refractivity contribution in [1.29, 1.82) is 0 Å². The molecule has 1 saturated carbocycles. The van der Waals surface area contributed by atoms with E-state index in [1.807, 2.05) is 12.3 Å². The molecule has 1 aromatic heterocycles. The van der Waals surface area contributed by atoms with Gasteiger partial charge in [-0.1, -0.05) is 13.8 Å². The van der Waals surface area contributed by atoms with Crippen molar-refractivity contribution in [2.75, 3.05) is 6.26 Å². The van der Waals surface area contributed by atoms with Crippen molar-refractivity contribution in [1.82, 2.24) is 4.98 Å². The van der Waals surface area contributed by atoms with E-state index in [9.17, 15) is 0 Å². The third-order valence-corrected chi connectivity index (χ3v) is 3.08. The largest absolute Gasteiger partial charge is 0.489 e. The number of thioether (sulfide) groups is 1. The molecule has 1 aliphatic carbocycles. The molecule has 0 atom stereocenters. The van der Waals surface area contributed by atoms with Crippen molar-refractivity contribution < 1.29 is 4.74 Å². The van der Waals surface area contributed by atoms with Crippen molar-refractivity contribution in [2.45, 2.75) is 43.7 Å². The predicted octanol–water partition coefficient (Wildman–Crippen LogP) is 3.47. The van der Waals surface area contributed by atoms with Gasteiger partial charge in [0.1, 0.15) is 5.75 Å². The third-order valence-electron chi connectivity index (χ3n) is 2.43. The summed E-state index contributed by atoms with van der Waals surface area (Å²) in [5, 5.41) is 1.07. The van der Waals surface area contributed by atoms with E-state index in [1.165, 1.54) is 12.8 Å². The van der Waals surface area contributed by atoms with Crippen LogP contribution in [-0.4, -0.2) is 17.3 Å². The first-order chi connectivity index (χ1) is 7.20. The zero-order valence-corrected chi connectivity index (χ0v) is 10.3. The summed E-state index contributed by atoms with van der Waals surface area (Å²) >= 11 is 1.68. The van der Waals surface area contributed by atoms with E-state index in [0.717, 1.165) is 16.5 Å². The Morgan fingerprint density at radius 1 is 1.40 bits per heavy atom. The molecule has 82 valence electrons. The van der Waals surface area contributed by atoms with Gasteiger partial charge in [0.05, 0.1) is 16.8 Å². The lowest BCUT2D eigenvalue weighted by Crippen LogP contribution is -2.03. The maximum atomic E-state index is 5.85. The van der Waals surface area contributed by atoms with Gasteiger partial charge in [-0.3, -0.25) is 0 Å². The molecule has 0 unspecified atom stereocenters. The van der Waals surface area contributed by atoms with E-state index in [-0.39, 0.29) is 0 Å². The van der Waals surface area contributed by atoms with Crippen LogP contribution in [0.3, 0.4) is 0 Å². The van der Waals surface area contributed by atoms with Crippen LogP contribution < -0.4 is 4.74 Å². The second-order valence-electron chi connectivity index (χ2n) is 4.21. The van der Waals surface area contributed by atoms with Crippen LogP contribution in [0.5, 0.6) is 5.75 Å². The number of nitrogens with zero attached hydrogens (tertiary/aromatic N) is 1. The number of ether oxygens (including phenoxy) is 1. The standard InChI is InChI=1S/C12H17NOS/c1-8(2)12-10(14-9-4-5-9)6-7-11(13-12)15-3/h6-9H,4-5H2,1-3H3. The molecule has 0 bridgehead atoms. The summed E-state index contributed by atoms with van der Waals surface area (Å²) in [5.74, 6) is 1.40. The summed E-state index contributed by atoms with van der Waals surface area (Å²) < 4.78 is 5.85. The molecule has 1 aliphatic rings. The van der Waals surface area contributed by atoms with Gasteiger partial charge in [-0.25, -0.2) is 4.98 Å². The molecule has 3 heteroatoms. The molecule has 1 heterocycles. The Balaban J connectivity index is 2.25. The Morgan fingerprint density at radius 3 is 2.67 bits per heavy atom. The molecule has 0 aliphatic heterocycles. The van der Waals surface area contributed by atoms with Gasteiger partial charge in [-0.05, 0) is 37.1 Å². The van der Waals surface area contributed by atoms with E-state index in [1.54, 1.807) is 11.8 Å². The van der Waals surface area contributed by atoms with Crippen LogP contribution in [0.2, 0.25) is 0 Å². The van der Waals surface area contributed by atoms with Gasteiger partial charge in [0.2, 0.25) is 0 Å². The summed E-state index contributed by atoms with van der Waals surface area (Å²) in [4.78, 5) is 4.61. The van der Waals surface area contributed by atoms with Crippen LogP contribution >= 0.6 is 11.8 Å². The number of hydrogen-bond acceptors (Lipinski definition) is 3. The topological polar surface area (TPSA) is 22.1 Å². The van der Waals surface area contributed by atoms with E-state index < -0.39 is 0 Å². The molecule has 0 amide bonds. The Hall–Kier alpha value is -0.700. The quantitative estimate of drug-likeness (QED) is 0.730. The Labute approximate surface area is 95.4 Å². The zero-order valence-electron chi connectivity index (χ0n) is 9.49. The molecule has 0 saturated heterocycles. The highest BCUT2D eigenvalue weighted by molar-refractivity contribution is 7.98. The summed E-state index contributed by atoms with van der Waals surface area (Å²) in [6.45, 7) is 4.32. The minimum atomic E-state index is 0.422. The van der Waals surface area contributed by atoms with E-state index in [0.29, 0.717) is 12.0 Å². The lowest BCUT2D eigenvalue weighted by atomic mass is 10.1. The number of aromatic nitrogens is 1. The van der Waals surface area contributed by atoms with Gasteiger partial charge in [0.15, 0.2) is 0 Å². The highest BCUT2D eigenvalue weighted by Crippen LogP contribution is 2.32. The fourth-order valence-electron chi connectivity index (χ4n) is 1.44. The van der Waals surface area contributed by atoms with Crippen molar-refractivity contribution in [3.63, 3.8) is 0 Å². The van der Waals surface area contributed by atoms with Crippen LogP contribution in [-0.2, 0) is 0 Å². The average Bonchev–Trinajstić information content (AvgIpc) is 3.02. The Morgan fingerprint density at radius 2 is 2.13 bits per heavy atom. The van der Waals surface area contributed by atoms with E-state index >= 15 is 0 Å². The normalized spacial score (nSPS) is 15.7. The molecule has 0 radical (unpaired) electrons. The molecule has 0 N–H and O–H groups in total. The van der Waals surface area contributed by atoms with Crippen LogP contribution in [0.4, 0.5) is 0 Å². The highest BCUT2D eigenvalue weighted by Gasteiger charge is 2.25. The molecule has 15 heavy (non-hydrogen) atoms. The van der Waals surface area contributed by atoms with Crippen LogP contribution in [0.25, 0.3) is 0 Å². The summed E-state index contributed by atoms with van der Waals surface area (Å²) in [7, 11) is 0. The SMILES string of the molecule is CSc1ccc(OC2CC2)c(C(C)C)n1. The number of hydrogen-bond donors (Lipinski definition) is 0. The van der Waals surface area contributed by atoms with Crippen molar-refractivity contribution >= 4 is 11.8 Å². The second kappa shape index (κ2) is 4.44. The number of pyridine rings is 1. The van der Waals surface area contributed by atoms with Crippen molar-refractivity contribution in [3.05, 3.63) is 17.8 Å².